The lowest BCUT2D eigenvalue weighted by molar-refractivity contribution is 0.330. The van der Waals surface area contributed by atoms with Gasteiger partial charge in [0.2, 0.25) is 0 Å². The first kappa shape index (κ1) is 8.08. The van der Waals surface area contributed by atoms with Crippen molar-refractivity contribution in [3.8, 4) is 0 Å². The highest BCUT2D eigenvalue weighted by atomic mass is 16.5. The van der Waals surface area contributed by atoms with E-state index in [0.717, 1.165) is 5.57 Å². The molecule has 2 nitrogen and oxygen atoms in total. The van der Waals surface area contributed by atoms with E-state index in [2.05, 4.69) is 4.74 Å². The molecule has 0 fully saturated rings. The molecule has 0 bridgehead atoms. The third-order valence-corrected chi connectivity index (χ3v) is 0.771. The lowest BCUT2D eigenvalue weighted by atomic mass is 10.3. The van der Waals surface area contributed by atoms with Crippen molar-refractivity contribution >= 4 is 0 Å². The molecule has 0 spiro atoms. The largest absolute Gasteiger partial charge is 0.504 e. The Hall–Kier alpha value is -0.920. The second-order valence-corrected chi connectivity index (χ2v) is 1.64. The van der Waals surface area contributed by atoms with Crippen molar-refractivity contribution in [1.29, 1.82) is 0 Å². The molecule has 0 aromatic heterocycles. The molecule has 0 amide bonds. The first-order chi connectivity index (χ1) is 4.31. The number of rotatable bonds is 3. The molecule has 0 aromatic rings. The molecule has 0 aliphatic carbocycles. The quantitative estimate of drug-likeness (QED) is 0.425. The summed E-state index contributed by atoms with van der Waals surface area (Å²) in [7, 11) is 3.22. The standard InChI is InChI=1S/C7H12O2/c1-7(6-9-3)4-5-8-2/h4-6H,1-3H3/b5-4+,7-6-. The van der Waals surface area contributed by atoms with E-state index in [4.69, 9.17) is 4.74 Å². The Labute approximate surface area is 55.8 Å². The van der Waals surface area contributed by atoms with Crippen molar-refractivity contribution in [3.05, 3.63) is 24.2 Å². The molecule has 0 atom stereocenters. The minimum Gasteiger partial charge on any atom is -0.504 e. The predicted octanol–water partition coefficient (Wildman–Crippen LogP) is 1.70. The average molecular weight is 128 g/mol. The first-order valence-corrected chi connectivity index (χ1v) is 2.70. The van der Waals surface area contributed by atoms with E-state index in [9.17, 15) is 0 Å². The summed E-state index contributed by atoms with van der Waals surface area (Å²) in [6.07, 6.45) is 5.07. The van der Waals surface area contributed by atoms with Crippen LogP contribution in [0.15, 0.2) is 24.2 Å². The molecule has 2 heteroatoms. The minimum absolute atomic E-state index is 1.03. The minimum atomic E-state index is 1.03. The summed E-state index contributed by atoms with van der Waals surface area (Å²) in [6, 6.07) is 0. The van der Waals surface area contributed by atoms with Gasteiger partial charge in [0.05, 0.1) is 26.7 Å². The van der Waals surface area contributed by atoms with Gasteiger partial charge in [-0.15, -0.1) is 0 Å². The summed E-state index contributed by atoms with van der Waals surface area (Å²) >= 11 is 0. The molecular weight excluding hydrogens is 116 g/mol. The third-order valence-electron chi connectivity index (χ3n) is 0.771. The van der Waals surface area contributed by atoms with Gasteiger partial charge in [-0.25, -0.2) is 0 Å². The van der Waals surface area contributed by atoms with Crippen molar-refractivity contribution in [2.45, 2.75) is 6.92 Å². The maximum atomic E-state index is 4.73. The zero-order chi connectivity index (χ0) is 7.11. The van der Waals surface area contributed by atoms with Crippen molar-refractivity contribution in [2.24, 2.45) is 0 Å². The Balaban J connectivity index is 3.60. The van der Waals surface area contributed by atoms with Crippen LogP contribution in [-0.2, 0) is 9.47 Å². The van der Waals surface area contributed by atoms with Gasteiger partial charge in [0.15, 0.2) is 0 Å². The van der Waals surface area contributed by atoms with E-state index >= 15 is 0 Å². The molecule has 0 N–H and O–H groups in total. The van der Waals surface area contributed by atoms with Gasteiger partial charge >= 0.3 is 0 Å². The van der Waals surface area contributed by atoms with Gasteiger partial charge < -0.3 is 9.47 Å². The highest BCUT2D eigenvalue weighted by Crippen LogP contribution is 1.93. The van der Waals surface area contributed by atoms with Gasteiger partial charge in [0, 0.05) is 0 Å². The first-order valence-electron chi connectivity index (χ1n) is 2.70. The summed E-state index contributed by atoms with van der Waals surface area (Å²) in [5.74, 6) is 0. The average Bonchev–Trinajstić information content (AvgIpc) is 1.85. The van der Waals surface area contributed by atoms with Crippen molar-refractivity contribution in [3.63, 3.8) is 0 Å². The van der Waals surface area contributed by atoms with Crippen LogP contribution in [0.3, 0.4) is 0 Å². The Morgan fingerprint density at radius 1 is 1.22 bits per heavy atom. The molecule has 0 aliphatic rings. The van der Waals surface area contributed by atoms with Crippen LogP contribution in [0.4, 0.5) is 0 Å². The molecule has 0 rings (SSSR count). The van der Waals surface area contributed by atoms with E-state index in [0.29, 0.717) is 0 Å². The molecule has 0 unspecified atom stereocenters. The van der Waals surface area contributed by atoms with Crippen LogP contribution in [-0.4, -0.2) is 14.2 Å². The summed E-state index contributed by atoms with van der Waals surface area (Å²) in [5, 5.41) is 0. The van der Waals surface area contributed by atoms with Crippen molar-refractivity contribution in [2.75, 3.05) is 14.2 Å². The molecule has 52 valence electrons. The summed E-state index contributed by atoms with van der Waals surface area (Å²) in [6.45, 7) is 1.93. The topological polar surface area (TPSA) is 18.5 Å². The molecular formula is C7H12O2. The number of allylic oxidation sites excluding steroid dienone is 2. The van der Waals surface area contributed by atoms with E-state index in [1.165, 1.54) is 0 Å². The summed E-state index contributed by atoms with van der Waals surface area (Å²) < 4.78 is 9.41. The molecule has 0 aliphatic heterocycles. The maximum Gasteiger partial charge on any atom is 0.0854 e. The lowest BCUT2D eigenvalue weighted by Crippen LogP contribution is -1.72. The van der Waals surface area contributed by atoms with Gasteiger partial charge in [-0.1, -0.05) is 0 Å². The fourth-order valence-corrected chi connectivity index (χ4v) is 0.401. The van der Waals surface area contributed by atoms with Crippen LogP contribution < -0.4 is 0 Å². The lowest BCUT2D eigenvalue weighted by Gasteiger charge is -1.90. The van der Waals surface area contributed by atoms with Crippen molar-refractivity contribution < 1.29 is 9.47 Å². The number of ether oxygens (including phenoxy) is 2. The number of hydrogen-bond donors (Lipinski definition) is 0. The van der Waals surface area contributed by atoms with Crippen LogP contribution in [0.5, 0.6) is 0 Å². The highest BCUT2D eigenvalue weighted by molar-refractivity contribution is 5.11. The van der Waals surface area contributed by atoms with Gasteiger partial charge in [0.1, 0.15) is 0 Å². The summed E-state index contributed by atoms with van der Waals surface area (Å²) in [4.78, 5) is 0. The van der Waals surface area contributed by atoms with Crippen molar-refractivity contribution in [1.82, 2.24) is 0 Å². The van der Waals surface area contributed by atoms with E-state index in [-0.39, 0.29) is 0 Å². The normalized spacial score (nSPS) is 12.1. The maximum absolute atomic E-state index is 4.73. The fraction of sp³-hybridized carbons (Fsp3) is 0.429. The van der Waals surface area contributed by atoms with Crippen LogP contribution in [0, 0.1) is 0 Å². The van der Waals surface area contributed by atoms with Gasteiger partial charge in [-0.3, -0.25) is 0 Å². The third kappa shape index (κ3) is 4.94. The number of methoxy groups -OCH3 is 2. The zero-order valence-corrected chi connectivity index (χ0v) is 6.05. The van der Waals surface area contributed by atoms with Crippen LogP contribution in [0.25, 0.3) is 0 Å². The fourth-order valence-electron chi connectivity index (χ4n) is 0.401. The number of hydrogen-bond acceptors (Lipinski definition) is 2. The summed E-state index contributed by atoms with van der Waals surface area (Å²) in [5.41, 5.74) is 1.03. The van der Waals surface area contributed by atoms with Gasteiger partial charge in [0.25, 0.3) is 0 Å². The Kier molecular flexibility index (Phi) is 4.69. The second-order valence-electron chi connectivity index (χ2n) is 1.64. The molecule has 0 aromatic carbocycles. The molecule has 0 heterocycles. The predicted molar refractivity (Wildman–Crippen MR) is 36.9 cm³/mol. The van der Waals surface area contributed by atoms with Crippen LogP contribution in [0.1, 0.15) is 6.92 Å². The molecule has 0 saturated heterocycles. The van der Waals surface area contributed by atoms with Crippen LogP contribution >= 0.6 is 0 Å². The smallest absolute Gasteiger partial charge is 0.0854 e. The monoisotopic (exact) mass is 128 g/mol. The zero-order valence-electron chi connectivity index (χ0n) is 6.05. The Morgan fingerprint density at radius 2 is 1.89 bits per heavy atom. The SMILES string of the molecule is CO/C=C(C)\C=C\OC. The Morgan fingerprint density at radius 3 is 2.33 bits per heavy atom. The van der Waals surface area contributed by atoms with Crippen LogP contribution in [0.2, 0.25) is 0 Å². The van der Waals surface area contributed by atoms with Gasteiger partial charge in [-0.05, 0) is 18.6 Å². The molecule has 0 radical (unpaired) electrons. The van der Waals surface area contributed by atoms with E-state index in [1.807, 2.05) is 13.0 Å². The second kappa shape index (κ2) is 5.22. The molecule has 0 saturated carbocycles. The Bertz CT molecular complexity index is 114. The molecule has 9 heavy (non-hydrogen) atoms. The van der Waals surface area contributed by atoms with Gasteiger partial charge in [-0.2, -0.15) is 0 Å². The highest BCUT2D eigenvalue weighted by Gasteiger charge is 1.77. The van der Waals surface area contributed by atoms with E-state index < -0.39 is 0 Å². The van der Waals surface area contributed by atoms with E-state index in [1.54, 1.807) is 26.7 Å².